The normalized spacial score (nSPS) is 12.3. The first-order chi connectivity index (χ1) is 7.42. The Morgan fingerprint density at radius 2 is 2.00 bits per heavy atom. The van der Waals surface area contributed by atoms with E-state index in [0.29, 0.717) is 0 Å². The van der Waals surface area contributed by atoms with Crippen LogP contribution in [0.5, 0.6) is 5.88 Å². The van der Waals surface area contributed by atoms with Gasteiger partial charge in [-0.2, -0.15) is 5.10 Å². The highest BCUT2D eigenvalue weighted by Gasteiger charge is 2.13. The van der Waals surface area contributed by atoms with E-state index in [-0.39, 0.29) is 0 Å². The quantitative estimate of drug-likeness (QED) is 0.714. The van der Waals surface area contributed by atoms with Gasteiger partial charge >= 0.3 is 0 Å². The molecule has 0 saturated heterocycles. The number of hydrogen-bond acceptors (Lipinski definition) is 2. The molecule has 1 aliphatic heterocycles. The van der Waals surface area contributed by atoms with Crippen LogP contribution in [-0.4, -0.2) is 16.4 Å². The average Bonchev–Trinajstić information content (AvgIpc) is 2.77. The third-order valence-electron chi connectivity index (χ3n) is 2.00. The molecule has 0 N–H and O–H groups in total. The highest BCUT2D eigenvalue weighted by atomic mass is 16.5. The van der Waals surface area contributed by atoms with Crippen molar-refractivity contribution in [2.45, 2.75) is 54.0 Å². The first-order valence-corrected chi connectivity index (χ1v) is 6.09. The van der Waals surface area contributed by atoms with Crippen molar-refractivity contribution < 1.29 is 4.74 Å². The van der Waals surface area contributed by atoms with E-state index in [1.54, 1.807) is 0 Å². The third-order valence-corrected chi connectivity index (χ3v) is 2.00. The van der Waals surface area contributed by atoms with Gasteiger partial charge in [-0.05, 0) is 6.42 Å². The van der Waals surface area contributed by atoms with Gasteiger partial charge in [0.2, 0.25) is 5.88 Å². The summed E-state index contributed by atoms with van der Waals surface area (Å²) < 4.78 is 7.43. The molecule has 2 rings (SSSR count). The van der Waals surface area contributed by atoms with Gasteiger partial charge in [0.15, 0.2) is 0 Å². The van der Waals surface area contributed by atoms with Crippen LogP contribution < -0.4 is 4.74 Å². The molecule has 0 fully saturated rings. The lowest BCUT2D eigenvalue weighted by molar-refractivity contribution is 0.228. The Morgan fingerprint density at radius 3 is 2.60 bits per heavy atom. The van der Waals surface area contributed by atoms with E-state index in [1.165, 1.54) is 5.56 Å². The predicted octanol–water partition coefficient (Wildman–Crippen LogP) is 3.28. The summed E-state index contributed by atoms with van der Waals surface area (Å²) in [7, 11) is 0. The Balaban J connectivity index is 0.000000442. The van der Waals surface area contributed by atoms with E-state index in [9.17, 15) is 0 Å². The van der Waals surface area contributed by atoms with E-state index in [1.807, 2.05) is 38.6 Å². The molecule has 1 aliphatic rings. The van der Waals surface area contributed by atoms with E-state index in [4.69, 9.17) is 4.74 Å². The topological polar surface area (TPSA) is 27.1 Å². The maximum atomic E-state index is 5.49. The molecule has 3 nitrogen and oxygen atoms in total. The van der Waals surface area contributed by atoms with Gasteiger partial charge in [0.25, 0.3) is 0 Å². The number of ether oxygens (including phenoxy) is 1. The zero-order valence-electron chi connectivity index (χ0n) is 10.7. The molecule has 1 aromatic rings. The molecule has 15 heavy (non-hydrogen) atoms. The van der Waals surface area contributed by atoms with Gasteiger partial charge in [0.05, 0.1) is 12.8 Å². The molecule has 0 unspecified atom stereocenters. The van der Waals surface area contributed by atoms with Crippen LogP contribution in [0.2, 0.25) is 0 Å². The van der Waals surface area contributed by atoms with Crippen LogP contribution in [0.4, 0.5) is 0 Å². The van der Waals surface area contributed by atoms with Crippen LogP contribution in [0.25, 0.3) is 0 Å². The number of fused-ring (bicyclic) bond motifs is 1. The summed E-state index contributed by atoms with van der Waals surface area (Å²) in [5.41, 5.74) is 1.23. The fourth-order valence-corrected chi connectivity index (χ4v) is 1.36. The second-order valence-electron chi connectivity index (χ2n) is 2.75. The van der Waals surface area contributed by atoms with E-state index < -0.39 is 0 Å². The summed E-state index contributed by atoms with van der Waals surface area (Å²) in [5, 5.41) is 4.22. The van der Waals surface area contributed by atoms with Crippen molar-refractivity contribution in [3.63, 3.8) is 0 Å². The highest BCUT2D eigenvalue weighted by Crippen LogP contribution is 2.21. The number of aryl methyl sites for hydroxylation is 2. The molecular formula is C12H24N2O. The maximum Gasteiger partial charge on any atom is 0.214 e. The van der Waals surface area contributed by atoms with Crippen LogP contribution in [-0.2, 0) is 13.0 Å². The fraction of sp³-hybridized carbons (Fsp3) is 0.750. The average molecular weight is 212 g/mol. The Morgan fingerprint density at radius 1 is 1.33 bits per heavy atom. The molecule has 0 atom stereocenters. The maximum absolute atomic E-state index is 5.49. The smallest absolute Gasteiger partial charge is 0.214 e. The van der Waals surface area contributed by atoms with E-state index >= 15 is 0 Å². The highest BCUT2D eigenvalue weighted by molar-refractivity contribution is 5.24. The Labute approximate surface area is 93.4 Å². The Hall–Kier alpha value is -0.990. The zero-order chi connectivity index (χ0) is 11.7. The molecule has 1 aromatic heterocycles. The monoisotopic (exact) mass is 212 g/mol. The molecule has 0 aliphatic carbocycles. The lowest BCUT2D eigenvalue weighted by atomic mass is 10.2. The van der Waals surface area contributed by atoms with Crippen molar-refractivity contribution in [2.75, 3.05) is 6.61 Å². The van der Waals surface area contributed by atoms with E-state index in [2.05, 4.69) is 12.0 Å². The summed E-state index contributed by atoms with van der Waals surface area (Å²) in [6.07, 6.45) is 3.99. The molecule has 2 heterocycles. The van der Waals surface area contributed by atoms with Crippen LogP contribution in [0, 0.1) is 0 Å². The second-order valence-corrected chi connectivity index (χ2v) is 2.75. The molecule has 0 bridgehead atoms. The third kappa shape index (κ3) is 3.57. The van der Waals surface area contributed by atoms with E-state index in [0.717, 1.165) is 31.9 Å². The first-order valence-electron chi connectivity index (χ1n) is 6.09. The molecular weight excluding hydrogens is 188 g/mol. The van der Waals surface area contributed by atoms with Gasteiger partial charge in [0.1, 0.15) is 0 Å². The van der Waals surface area contributed by atoms with Crippen LogP contribution in [0.3, 0.4) is 0 Å². The Kier molecular flexibility index (Phi) is 7.78. The summed E-state index contributed by atoms with van der Waals surface area (Å²) in [6.45, 7) is 12.0. The van der Waals surface area contributed by atoms with Crippen LogP contribution in [0.15, 0.2) is 6.20 Å². The van der Waals surface area contributed by atoms with Crippen LogP contribution >= 0.6 is 0 Å². The predicted molar refractivity (Wildman–Crippen MR) is 64.4 cm³/mol. The lowest BCUT2D eigenvalue weighted by Crippen LogP contribution is -2.15. The van der Waals surface area contributed by atoms with Gasteiger partial charge in [-0.15, -0.1) is 0 Å². The fourth-order valence-electron chi connectivity index (χ4n) is 1.36. The van der Waals surface area contributed by atoms with Crippen LogP contribution in [0.1, 0.15) is 46.6 Å². The number of hydrogen-bond donors (Lipinski definition) is 0. The molecule has 0 aromatic carbocycles. The Bertz CT molecular complexity index is 243. The molecule has 88 valence electrons. The summed E-state index contributed by atoms with van der Waals surface area (Å²) in [4.78, 5) is 0. The number of rotatable bonds is 1. The lowest BCUT2D eigenvalue weighted by Gasteiger charge is -2.15. The minimum atomic E-state index is 0.846. The van der Waals surface area contributed by atoms with Gasteiger partial charge < -0.3 is 4.74 Å². The molecule has 0 amide bonds. The largest absolute Gasteiger partial charge is 0.478 e. The molecule has 0 spiro atoms. The molecule has 3 heteroatoms. The van der Waals surface area contributed by atoms with Gasteiger partial charge in [-0.1, -0.05) is 34.6 Å². The van der Waals surface area contributed by atoms with Gasteiger partial charge in [-0.3, -0.25) is 0 Å². The van der Waals surface area contributed by atoms with Crippen molar-refractivity contribution in [1.29, 1.82) is 0 Å². The second kappa shape index (κ2) is 8.33. The minimum absolute atomic E-state index is 0.846. The van der Waals surface area contributed by atoms with Crippen molar-refractivity contribution in [2.24, 2.45) is 0 Å². The van der Waals surface area contributed by atoms with Crippen molar-refractivity contribution in [3.8, 4) is 5.88 Å². The summed E-state index contributed by atoms with van der Waals surface area (Å²) >= 11 is 0. The van der Waals surface area contributed by atoms with Crippen molar-refractivity contribution >= 4 is 0 Å². The molecule has 0 radical (unpaired) electrons. The first kappa shape index (κ1) is 14.0. The number of aromatic nitrogens is 2. The van der Waals surface area contributed by atoms with Gasteiger partial charge in [0, 0.05) is 18.5 Å². The summed E-state index contributed by atoms with van der Waals surface area (Å²) in [6, 6.07) is 0. The van der Waals surface area contributed by atoms with Crippen molar-refractivity contribution in [1.82, 2.24) is 9.78 Å². The van der Waals surface area contributed by atoms with Crippen molar-refractivity contribution in [3.05, 3.63) is 11.8 Å². The zero-order valence-corrected chi connectivity index (χ0v) is 10.7. The molecule has 0 saturated carbocycles. The standard InChI is InChI=1S/C8H12N2O.2C2H6/c1-2-7-6-9-10-4-3-5-11-8(7)10;2*1-2/h6H,2-5H2,1H3;2*1-2H3. The number of nitrogens with zero attached hydrogens (tertiary/aromatic N) is 2. The summed E-state index contributed by atoms with van der Waals surface area (Å²) in [5.74, 6) is 0.985. The SMILES string of the molecule is CC.CC.CCc1cnn2c1OCCC2. The minimum Gasteiger partial charge on any atom is -0.478 e. The van der Waals surface area contributed by atoms with Gasteiger partial charge in [-0.25, -0.2) is 4.68 Å².